The summed E-state index contributed by atoms with van der Waals surface area (Å²) >= 11 is 1.37. The van der Waals surface area contributed by atoms with Crippen molar-refractivity contribution < 1.29 is 9.59 Å². The highest BCUT2D eigenvalue weighted by Gasteiger charge is 2.11. The molecule has 0 aliphatic rings. The van der Waals surface area contributed by atoms with Crippen LogP contribution in [0.25, 0.3) is 10.2 Å². The number of carbonyl (C=O) groups is 2. The predicted octanol–water partition coefficient (Wildman–Crippen LogP) is 3.21. The Bertz CT molecular complexity index is 890. The van der Waals surface area contributed by atoms with Crippen molar-refractivity contribution in [1.82, 2.24) is 9.97 Å². The van der Waals surface area contributed by atoms with Crippen molar-refractivity contribution in [1.29, 1.82) is 0 Å². The van der Waals surface area contributed by atoms with Crippen molar-refractivity contribution in [3.63, 3.8) is 0 Å². The second-order valence-corrected chi connectivity index (χ2v) is 6.06. The van der Waals surface area contributed by atoms with Crippen molar-refractivity contribution in [2.45, 2.75) is 13.8 Å². The van der Waals surface area contributed by atoms with Gasteiger partial charge in [-0.3, -0.25) is 14.6 Å². The van der Waals surface area contributed by atoms with E-state index < -0.39 is 0 Å². The number of nitrogens with zero attached hydrogens (tertiary/aromatic N) is 2. The summed E-state index contributed by atoms with van der Waals surface area (Å²) in [7, 11) is 0. The molecule has 23 heavy (non-hydrogen) atoms. The summed E-state index contributed by atoms with van der Waals surface area (Å²) in [5.41, 5.74) is 2.98. The van der Waals surface area contributed by atoms with Gasteiger partial charge >= 0.3 is 0 Å². The lowest BCUT2D eigenvalue weighted by molar-refractivity contribution is -0.114. The molecule has 116 valence electrons. The van der Waals surface area contributed by atoms with Crippen molar-refractivity contribution in [3.05, 3.63) is 47.8 Å². The molecular formula is C16H14N4O2S. The minimum Gasteiger partial charge on any atom is -0.322 e. The predicted molar refractivity (Wildman–Crippen MR) is 90.9 cm³/mol. The van der Waals surface area contributed by atoms with E-state index in [1.807, 2.05) is 19.1 Å². The van der Waals surface area contributed by atoms with Crippen LogP contribution in [0.2, 0.25) is 0 Å². The summed E-state index contributed by atoms with van der Waals surface area (Å²) in [6, 6.07) is 7.02. The second kappa shape index (κ2) is 6.13. The molecule has 2 aromatic heterocycles. The van der Waals surface area contributed by atoms with Gasteiger partial charge in [-0.2, -0.15) is 0 Å². The molecule has 0 aliphatic carbocycles. The fraction of sp³-hybridized carbons (Fsp3) is 0.125. The number of anilines is 2. The molecule has 0 radical (unpaired) electrons. The van der Waals surface area contributed by atoms with Gasteiger partial charge in [0.2, 0.25) is 5.91 Å². The zero-order chi connectivity index (χ0) is 16.4. The number of amides is 2. The molecule has 6 nitrogen and oxygen atoms in total. The minimum absolute atomic E-state index is 0.159. The van der Waals surface area contributed by atoms with Gasteiger partial charge < -0.3 is 10.6 Å². The van der Waals surface area contributed by atoms with Crippen LogP contribution in [0.5, 0.6) is 0 Å². The normalized spacial score (nSPS) is 10.5. The molecule has 0 saturated heterocycles. The fourth-order valence-corrected chi connectivity index (χ4v) is 3.21. The van der Waals surface area contributed by atoms with Crippen LogP contribution in [0.1, 0.15) is 22.8 Å². The van der Waals surface area contributed by atoms with Gasteiger partial charge in [-0.25, -0.2) is 4.98 Å². The molecule has 0 bridgehead atoms. The van der Waals surface area contributed by atoms with Crippen LogP contribution >= 0.6 is 11.3 Å². The SMILES string of the molecule is CC(=O)Nc1nc2c(C)cc(NC(=O)c3ccncc3)cc2s1. The van der Waals surface area contributed by atoms with Crippen LogP contribution in [0.3, 0.4) is 0 Å². The van der Waals surface area contributed by atoms with Gasteiger partial charge in [0.15, 0.2) is 5.13 Å². The number of nitrogens with one attached hydrogen (secondary N) is 2. The average Bonchev–Trinajstić information content (AvgIpc) is 2.90. The molecule has 1 aromatic carbocycles. The largest absolute Gasteiger partial charge is 0.322 e. The van der Waals surface area contributed by atoms with E-state index in [9.17, 15) is 9.59 Å². The number of fused-ring (bicyclic) bond motifs is 1. The summed E-state index contributed by atoms with van der Waals surface area (Å²) in [4.78, 5) is 31.6. The van der Waals surface area contributed by atoms with E-state index in [2.05, 4.69) is 20.6 Å². The topological polar surface area (TPSA) is 84.0 Å². The lowest BCUT2D eigenvalue weighted by atomic mass is 10.2. The second-order valence-electron chi connectivity index (χ2n) is 5.03. The van der Waals surface area contributed by atoms with Crippen LogP contribution in [0, 0.1) is 6.92 Å². The Morgan fingerprint density at radius 1 is 1.13 bits per heavy atom. The highest BCUT2D eigenvalue weighted by Crippen LogP contribution is 2.31. The molecule has 7 heteroatoms. The summed E-state index contributed by atoms with van der Waals surface area (Å²) in [5, 5.41) is 6.10. The fourth-order valence-electron chi connectivity index (χ4n) is 2.18. The van der Waals surface area contributed by atoms with E-state index in [1.165, 1.54) is 18.3 Å². The van der Waals surface area contributed by atoms with Crippen molar-refractivity contribution in [3.8, 4) is 0 Å². The van der Waals surface area contributed by atoms with Crippen molar-refractivity contribution >= 4 is 44.2 Å². The lowest BCUT2D eigenvalue weighted by Crippen LogP contribution is -2.11. The minimum atomic E-state index is -0.197. The first-order chi connectivity index (χ1) is 11.0. The molecule has 0 atom stereocenters. The van der Waals surface area contributed by atoms with Crippen LogP contribution in [0.15, 0.2) is 36.7 Å². The monoisotopic (exact) mass is 326 g/mol. The molecule has 0 unspecified atom stereocenters. The van der Waals surface area contributed by atoms with E-state index >= 15 is 0 Å². The maximum Gasteiger partial charge on any atom is 0.255 e. The van der Waals surface area contributed by atoms with Crippen molar-refractivity contribution in [2.24, 2.45) is 0 Å². The Hall–Kier alpha value is -2.80. The Balaban J connectivity index is 1.90. The van der Waals surface area contributed by atoms with E-state index in [-0.39, 0.29) is 11.8 Å². The molecule has 3 aromatic rings. The number of aryl methyl sites for hydroxylation is 1. The molecule has 0 aliphatic heterocycles. The average molecular weight is 326 g/mol. The van der Waals surface area contributed by atoms with E-state index in [4.69, 9.17) is 0 Å². The quantitative estimate of drug-likeness (QED) is 0.774. The van der Waals surface area contributed by atoms with Crippen molar-refractivity contribution in [2.75, 3.05) is 10.6 Å². The van der Waals surface area contributed by atoms with Crippen LogP contribution in [0.4, 0.5) is 10.8 Å². The summed E-state index contributed by atoms with van der Waals surface area (Å²) in [6.07, 6.45) is 3.15. The third-order valence-corrected chi connectivity index (χ3v) is 4.09. The van der Waals surface area contributed by atoms with Gasteiger partial charge in [-0.1, -0.05) is 11.3 Å². The maximum absolute atomic E-state index is 12.2. The number of aromatic nitrogens is 2. The Labute approximate surface area is 136 Å². The molecule has 0 spiro atoms. The highest BCUT2D eigenvalue weighted by atomic mass is 32.1. The van der Waals surface area contributed by atoms with Crippen LogP contribution in [-0.4, -0.2) is 21.8 Å². The maximum atomic E-state index is 12.2. The first kappa shape index (κ1) is 15.1. The highest BCUT2D eigenvalue weighted by molar-refractivity contribution is 7.22. The standard InChI is InChI=1S/C16H14N4O2S/c1-9-7-12(19-15(22)11-3-5-17-6-4-11)8-13-14(9)20-16(23-13)18-10(2)21/h3-8H,1-2H3,(H,19,22)(H,18,20,21). The van der Waals surface area contributed by atoms with Gasteiger partial charge in [0.05, 0.1) is 10.2 Å². The number of rotatable bonds is 3. The van der Waals surface area contributed by atoms with Gasteiger partial charge in [0, 0.05) is 30.6 Å². The first-order valence-corrected chi connectivity index (χ1v) is 7.75. The van der Waals surface area contributed by atoms with Crippen LogP contribution in [-0.2, 0) is 4.79 Å². The lowest BCUT2D eigenvalue weighted by Gasteiger charge is -2.06. The molecule has 2 heterocycles. The number of carbonyl (C=O) groups excluding carboxylic acids is 2. The zero-order valence-corrected chi connectivity index (χ0v) is 13.4. The van der Waals surface area contributed by atoms with Gasteiger partial charge in [0.1, 0.15) is 0 Å². The van der Waals surface area contributed by atoms with E-state index in [0.29, 0.717) is 16.4 Å². The third-order valence-electron chi connectivity index (χ3n) is 3.17. The number of hydrogen-bond donors (Lipinski definition) is 2. The third kappa shape index (κ3) is 3.35. The zero-order valence-electron chi connectivity index (χ0n) is 12.6. The first-order valence-electron chi connectivity index (χ1n) is 6.93. The molecule has 0 fully saturated rings. The number of hydrogen-bond acceptors (Lipinski definition) is 5. The van der Waals surface area contributed by atoms with E-state index in [1.54, 1.807) is 24.5 Å². The molecular weight excluding hydrogens is 312 g/mol. The molecule has 2 amide bonds. The summed E-state index contributed by atoms with van der Waals surface area (Å²) in [5.74, 6) is -0.356. The van der Waals surface area contributed by atoms with Gasteiger partial charge in [-0.15, -0.1) is 0 Å². The molecule has 3 rings (SSSR count). The number of thiazole rings is 1. The van der Waals surface area contributed by atoms with Gasteiger partial charge in [-0.05, 0) is 36.8 Å². The number of pyridine rings is 1. The van der Waals surface area contributed by atoms with E-state index in [0.717, 1.165) is 15.8 Å². The Morgan fingerprint density at radius 3 is 2.57 bits per heavy atom. The Morgan fingerprint density at radius 2 is 1.87 bits per heavy atom. The molecule has 0 saturated carbocycles. The summed E-state index contributed by atoms with van der Waals surface area (Å²) in [6.45, 7) is 3.36. The van der Waals surface area contributed by atoms with Crippen LogP contribution < -0.4 is 10.6 Å². The number of benzene rings is 1. The van der Waals surface area contributed by atoms with Gasteiger partial charge in [0.25, 0.3) is 5.91 Å². The molecule has 2 N–H and O–H groups in total. The smallest absolute Gasteiger partial charge is 0.255 e. The Kier molecular flexibility index (Phi) is 4.03. The summed E-state index contributed by atoms with van der Waals surface area (Å²) < 4.78 is 0.902.